The molecule has 0 saturated heterocycles. The minimum Gasteiger partial charge on any atom is -0.289 e. The van der Waals surface area contributed by atoms with Crippen molar-refractivity contribution in [2.75, 3.05) is 0 Å². The Bertz CT molecular complexity index is 581. The number of carbonyl (C=O) groups is 1. The van der Waals surface area contributed by atoms with Crippen LogP contribution in [-0.2, 0) is 0 Å². The third-order valence-corrected chi connectivity index (χ3v) is 2.63. The molecule has 1 nitrogen and oxygen atoms in total. The average Bonchev–Trinajstić information content (AvgIpc) is 2.32. The molecule has 0 aromatic heterocycles. The predicted molar refractivity (Wildman–Crippen MR) is 61.2 cm³/mol. The Hall–Kier alpha value is -1.74. The van der Waals surface area contributed by atoms with Gasteiger partial charge in [0.1, 0.15) is 0 Å². The van der Waals surface area contributed by atoms with E-state index in [9.17, 15) is 13.6 Å². The Morgan fingerprint density at radius 3 is 2.35 bits per heavy atom. The largest absolute Gasteiger partial charge is 0.289 e. The highest BCUT2D eigenvalue weighted by Crippen LogP contribution is 2.20. The fraction of sp³-hybridized carbons (Fsp3) is 0. The molecule has 0 unspecified atom stereocenters. The number of rotatable bonds is 2. The Morgan fingerprint density at radius 1 is 1.00 bits per heavy atom. The lowest BCUT2D eigenvalue weighted by Crippen LogP contribution is -2.03. The number of halogens is 3. The summed E-state index contributed by atoms with van der Waals surface area (Å²) in [5, 5.41) is 0.280. The molecule has 2 aromatic carbocycles. The second-order valence-electron chi connectivity index (χ2n) is 3.44. The summed E-state index contributed by atoms with van der Waals surface area (Å²) in [5.74, 6) is -2.47. The third-order valence-electron chi connectivity index (χ3n) is 2.30. The SMILES string of the molecule is O=C(c1ccc(F)c(F)c1)c1ccccc1Cl. The number of hydrogen-bond acceptors (Lipinski definition) is 1. The van der Waals surface area contributed by atoms with Gasteiger partial charge in [0, 0.05) is 11.1 Å². The number of carbonyl (C=O) groups excluding carboxylic acids is 1. The van der Waals surface area contributed by atoms with Crippen LogP contribution in [0.3, 0.4) is 0 Å². The van der Waals surface area contributed by atoms with Crippen molar-refractivity contribution in [3.63, 3.8) is 0 Å². The van der Waals surface area contributed by atoms with Crippen molar-refractivity contribution in [1.82, 2.24) is 0 Å². The highest BCUT2D eigenvalue weighted by atomic mass is 35.5. The van der Waals surface area contributed by atoms with Gasteiger partial charge in [-0.05, 0) is 30.3 Å². The molecule has 0 bridgehead atoms. The minimum atomic E-state index is -1.05. The van der Waals surface area contributed by atoms with Gasteiger partial charge in [-0.3, -0.25) is 4.79 Å². The zero-order chi connectivity index (χ0) is 12.4. The van der Waals surface area contributed by atoms with Crippen molar-refractivity contribution in [2.24, 2.45) is 0 Å². The quantitative estimate of drug-likeness (QED) is 0.742. The molecule has 0 N–H and O–H groups in total. The van der Waals surface area contributed by atoms with Crippen LogP contribution in [0.1, 0.15) is 15.9 Å². The van der Waals surface area contributed by atoms with Crippen LogP contribution >= 0.6 is 11.6 Å². The van der Waals surface area contributed by atoms with Crippen LogP contribution in [-0.4, -0.2) is 5.78 Å². The second-order valence-corrected chi connectivity index (χ2v) is 3.85. The van der Waals surface area contributed by atoms with Gasteiger partial charge in [-0.15, -0.1) is 0 Å². The number of hydrogen-bond donors (Lipinski definition) is 0. The molecule has 2 aromatic rings. The molecular formula is C13H7ClF2O. The van der Waals surface area contributed by atoms with Crippen molar-refractivity contribution < 1.29 is 13.6 Å². The molecule has 0 aliphatic carbocycles. The fourth-order valence-corrected chi connectivity index (χ4v) is 1.66. The molecule has 0 amide bonds. The van der Waals surface area contributed by atoms with Crippen molar-refractivity contribution >= 4 is 17.4 Å². The summed E-state index contributed by atoms with van der Waals surface area (Å²) in [7, 11) is 0. The van der Waals surface area contributed by atoms with Gasteiger partial charge in [-0.25, -0.2) is 8.78 Å². The molecule has 0 spiro atoms. The zero-order valence-electron chi connectivity index (χ0n) is 8.58. The summed E-state index contributed by atoms with van der Waals surface area (Å²) >= 11 is 5.85. The topological polar surface area (TPSA) is 17.1 Å². The lowest BCUT2D eigenvalue weighted by atomic mass is 10.0. The summed E-state index contributed by atoms with van der Waals surface area (Å²) in [6, 6.07) is 9.44. The maximum Gasteiger partial charge on any atom is 0.194 e. The monoisotopic (exact) mass is 252 g/mol. The second kappa shape index (κ2) is 4.63. The van der Waals surface area contributed by atoms with Crippen molar-refractivity contribution in [3.05, 3.63) is 70.2 Å². The van der Waals surface area contributed by atoms with Gasteiger partial charge in [0.15, 0.2) is 17.4 Å². The van der Waals surface area contributed by atoms with Gasteiger partial charge in [-0.2, -0.15) is 0 Å². The highest BCUT2D eigenvalue weighted by Gasteiger charge is 2.14. The first kappa shape index (κ1) is 11.7. The van der Waals surface area contributed by atoms with E-state index >= 15 is 0 Å². The minimum absolute atomic E-state index is 0.0667. The van der Waals surface area contributed by atoms with Crippen LogP contribution in [0.4, 0.5) is 8.78 Å². The lowest BCUT2D eigenvalue weighted by Gasteiger charge is -2.03. The molecule has 86 valence electrons. The molecule has 0 heterocycles. The van der Waals surface area contributed by atoms with Crippen molar-refractivity contribution in [1.29, 1.82) is 0 Å². The first-order valence-corrected chi connectivity index (χ1v) is 5.21. The maximum atomic E-state index is 13.0. The van der Waals surface area contributed by atoms with Crippen molar-refractivity contribution in [3.8, 4) is 0 Å². The van der Waals surface area contributed by atoms with E-state index in [1.807, 2.05) is 0 Å². The van der Waals surface area contributed by atoms with Crippen LogP contribution in [0.25, 0.3) is 0 Å². The van der Waals surface area contributed by atoms with Gasteiger partial charge >= 0.3 is 0 Å². The smallest absolute Gasteiger partial charge is 0.194 e. The van der Waals surface area contributed by atoms with Gasteiger partial charge in [-0.1, -0.05) is 23.7 Å². The molecule has 2 rings (SSSR count). The Labute approximate surface area is 102 Å². The van der Waals surface area contributed by atoms with E-state index in [1.165, 1.54) is 12.1 Å². The fourth-order valence-electron chi connectivity index (χ4n) is 1.44. The molecule has 0 saturated carbocycles. The van der Waals surface area contributed by atoms with Crippen LogP contribution in [0.2, 0.25) is 5.02 Å². The Balaban J connectivity index is 2.44. The first-order chi connectivity index (χ1) is 8.09. The van der Waals surface area contributed by atoms with E-state index in [-0.39, 0.29) is 16.1 Å². The Kier molecular flexibility index (Phi) is 3.20. The van der Waals surface area contributed by atoms with Crippen LogP contribution in [0.15, 0.2) is 42.5 Å². The van der Waals surface area contributed by atoms with Crippen LogP contribution < -0.4 is 0 Å². The summed E-state index contributed by atoms with van der Waals surface area (Å²) in [6.07, 6.45) is 0. The normalized spacial score (nSPS) is 10.3. The van der Waals surface area contributed by atoms with Gasteiger partial charge in [0.2, 0.25) is 0 Å². The van der Waals surface area contributed by atoms with Gasteiger partial charge in [0.05, 0.1) is 5.02 Å². The standard InChI is InChI=1S/C13H7ClF2O/c14-10-4-2-1-3-9(10)13(17)8-5-6-11(15)12(16)7-8/h1-7H. The third kappa shape index (κ3) is 2.34. The van der Waals surface area contributed by atoms with Crippen molar-refractivity contribution in [2.45, 2.75) is 0 Å². The molecule has 0 atom stereocenters. The summed E-state index contributed by atoms with van der Waals surface area (Å²) < 4.78 is 25.7. The maximum absolute atomic E-state index is 13.0. The summed E-state index contributed by atoms with van der Waals surface area (Å²) in [5.41, 5.74) is 0.331. The van der Waals surface area contributed by atoms with E-state index in [0.717, 1.165) is 12.1 Å². The lowest BCUT2D eigenvalue weighted by molar-refractivity contribution is 0.103. The summed E-state index contributed by atoms with van der Waals surface area (Å²) in [4.78, 5) is 12.0. The highest BCUT2D eigenvalue weighted by molar-refractivity contribution is 6.34. The average molecular weight is 253 g/mol. The van der Waals surface area contributed by atoms with E-state index < -0.39 is 17.4 Å². The Morgan fingerprint density at radius 2 is 1.71 bits per heavy atom. The van der Waals surface area contributed by atoms with Gasteiger partial charge in [0.25, 0.3) is 0 Å². The van der Waals surface area contributed by atoms with E-state index in [4.69, 9.17) is 11.6 Å². The number of ketones is 1. The molecule has 0 aliphatic heterocycles. The van der Waals surface area contributed by atoms with E-state index in [2.05, 4.69) is 0 Å². The summed E-state index contributed by atoms with van der Waals surface area (Å²) in [6.45, 7) is 0. The molecule has 0 aliphatic rings. The molecule has 4 heteroatoms. The van der Waals surface area contributed by atoms with Crippen LogP contribution in [0.5, 0.6) is 0 Å². The molecular weight excluding hydrogens is 246 g/mol. The molecule has 17 heavy (non-hydrogen) atoms. The van der Waals surface area contributed by atoms with Gasteiger partial charge < -0.3 is 0 Å². The number of benzene rings is 2. The van der Waals surface area contributed by atoms with E-state index in [1.54, 1.807) is 18.2 Å². The zero-order valence-corrected chi connectivity index (χ0v) is 9.34. The molecule has 0 fully saturated rings. The van der Waals surface area contributed by atoms with Crippen LogP contribution in [0, 0.1) is 11.6 Å². The molecule has 0 radical (unpaired) electrons. The predicted octanol–water partition coefficient (Wildman–Crippen LogP) is 3.85. The van der Waals surface area contributed by atoms with E-state index in [0.29, 0.717) is 0 Å². The first-order valence-electron chi connectivity index (χ1n) is 4.84.